The van der Waals surface area contributed by atoms with E-state index in [0.29, 0.717) is 18.1 Å². The van der Waals surface area contributed by atoms with Gasteiger partial charge >= 0.3 is 0 Å². The smallest absolute Gasteiger partial charge is 0.230 e. The standard InChI is InChI=1S/C11H17N3O3S2/c1-2-19(16,17)14-6-3-4-9(8-14)10(15)13-11-12-5-7-18-11/h5,7,9H,2-4,6,8H2,1H3,(H,12,13,15)/t9-/m0/s1. The Bertz CT molecular complexity index is 527. The summed E-state index contributed by atoms with van der Waals surface area (Å²) in [6.07, 6.45) is 3.05. The van der Waals surface area contributed by atoms with Crippen LogP contribution >= 0.6 is 11.3 Å². The van der Waals surface area contributed by atoms with Crippen LogP contribution in [-0.4, -0.2) is 42.5 Å². The van der Waals surface area contributed by atoms with Gasteiger partial charge in [0, 0.05) is 24.7 Å². The number of hydrogen-bond acceptors (Lipinski definition) is 5. The monoisotopic (exact) mass is 303 g/mol. The largest absolute Gasteiger partial charge is 0.302 e. The molecular formula is C11H17N3O3S2. The van der Waals surface area contributed by atoms with Crippen LogP contribution in [0, 0.1) is 5.92 Å². The summed E-state index contributed by atoms with van der Waals surface area (Å²) in [5.41, 5.74) is 0. The lowest BCUT2D eigenvalue weighted by molar-refractivity contribution is -0.120. The molecule has 1 amide bonds. The average Bonchev–Trinajstić information content (AvgIpc) is 2.91. The maximum atomic E-state index is 12.1. The highest BCUT2D eigenvalue weighted by atomic mass is 32.2. The molecular weight excluding hydrogens is 286 g/mol. The van der Waals surface area contributed by atoms with Crippen molar-refractivity contribution in [3.8, 4) is 0 Å². The van der Waals surface area contributed by atoms with Gasteiger partial charge in [-0.2, -0.15) is 0 Å². The van der Waals surface area contributed by atoms with Gasteiger partial charge in [0.1, 0.15) is 0 Å². The van der Waals surface area contributed by atoms with E-state index in [1.165, 1.54) is 15.6 Å². The van der Waals surface area contributed by atoms with E-state index in [9.17, 15) is 13.2 Å². The number of rotatable bonds is 4. The summed E-state index contributed by atoms with van der Waals surface area (Å²) in [6.45, 7) is 2.40. The maximum absolute atomic E-state index is 12.1. The quantitative estimate of drug-likeness (QED) is 0.904. The number of nitrogens with one attached hydrogen (secondary N) is 1. The molecule has 1 aromatic heterocycles. The van der Waals surface area contributed by atoms with Crippen LogP contribution in [-0.2, 0) is 14.8 Å². The number of aromatic nitrogens is 1. The molecule has 1 N–H and O–H groups in total. The first-order valence-electron chi connectivity index (χ1n) is 6.21. The Labute approximate surface area is 116 Å². The fraction of sp³-hybridized carbons (Fsp3) is 0.636. The Kier molecular flexibility index (Phi) is 4.54. The Balaban J connectivity index is 1.99. The van der Waals surface area contributed by atoms with Gasteiger partial charge in [0.05, 0.1) is 11.7 Å². The van der Waals surface area contributed by atoms with Gasteiger partial charge in [-0.3, -0.25) is 4.79 Å². The van der Waals surface area contributed by atoms with E-state index in [1.807, 2.05) is 0 Å². The highest BCUT2D eigenvalue weighted by Crippen LogP contribution is 2.21. The summed E-state index contributed by atoms with van der Waals surface area (Å²) in [7, 11) is -3.21. The van der Waals surface area contributed by atoms with Gasteiger partial charge in [-0.1, -0.05) is 0 Å². The van der Waals surface area contributed by atoms with Gasteiger partial charge in [0.2, 0.25) is 15.9 Å². The first kappa shape index (κ1) is 14.4. The normalized spacial score (nSPS) is 21.2. The van der Waals surface area contributed by atoms with Crippen molar-refractivity contribution in [1.82, 2.24) is 9.29 Å². The first-order valence-corrected chi connectivity index (χ1v) is 8.70. The summed E-state index contributed by atoms with van der Waals surface area (Å²) in [4.78, 5) is 16.1. The third kappa shape index (κ3) is 3.52. The highest BCUT2D eigenvalue weighted by molar-refractivity contribution is 7.89. The van der Waals surface area contributed by atoms with Crippen LogP contribution < -0.4 is 5.32 Å². The molecule has 106 valence electrons. The molecule has 0 saturated carbocycles. The van der Waals surface area contributed by atoms with Crippen LogP contribution in [0.2, 0.25) is 0 Å². The molecule has 0 spiro atoms. The van der Waals surface area contributed by atoms with E-state index < -0.39 is 10.0 Å². The molecule has 8 heteroatoms. The second-order valence-corrected chi connectivity index (χ2v) is 7.58. The number of thiazole rings is 1. The van der Waals surface area contributed by atoms with Gasteiger partial charge in [-0.25, -0.2) is 17.7 Å². The molecule has 0 aliphatic carbocycles. The number of carbonyl (C=O) groups is 1. The van der Waals surface area contributed by atoms with Crippen LogP contribution in [0.4, 0.5) is 5.13 Å². The third-order valence-electron chi connectivity index (χ3n) is 3.18. The molecule has 1 aliphatic heterocycles. The molecule has 0 unspecified atom stereocenters. The van der Waals surface area contributed by atoms with E-state index in [-0.39, 0.29) is 24.1 Å². The minimum Gasteiger partial charge on any atom is -0.302 e. The topological polar surface area (TPSA) is 79.4 Å². The molecule has 2 rings (SSSR count). The predicted molar refractivity (Wildman–Crippen MR) is 74.5 cm³/mol. The van der Waals surface area contributed by atoms with Crippen molar-refractivity contribution in [2.75, 3.05) is 24.2 Å². The number of nitrogens with zero attached hydrogens (tertiary/aromatic N) is 2. The van der Waals surface area contributed by atoms with Gasteiger partial charge < -0.3 is 5.32 Å². The highest BCUT2D eigenvalue weighted by Gasteiger charge is 2.31. The lowest BCUT2D eigenvalue weighted by Crippen LogP contribution is -2.44. The van der Waals surface area contributed by atoms with Crippen LogP contribution in [0.15, 0.2) is 11.6 Å². The zero-order valence-electron chi connectivity index (χ0n) is 10.7. The summed E-state index contributed by atoms with van der Waals surface area (Å²) in [6, 6.07) is 0. The van der Waals surface area contributed by atoms with Crippen LogP contribution in [0.25, 0.3) is 0 Å². The van der Waals surface area contributed by atoms with Crippen molar-refractivity contribution in [3.63, 3.8) is 0 Å². The zero-order chi connectivity index (χ0) is 13.9. The number of carbonyl (C=O) groups excluding carboxylic acids is 1. The summed E-state index contributed by atoms with van der Waals surface area (Å²) >= 11 is 1.35. The van der Waals surface area contributed by atoms with E-state index >= 15 is 0 Å². The number of hydrogen-bond donors (Lipinski definition) is 1. The molecule has 2 heterocycles. The lowest BCUT2D eigenvalue weighted by Gasteiger charge is -2.30. The van der Waals surface area contributed by atoms with Crippen LogP contribution in [0.1, 0.15) is 19.8 Å². The molecule has 0 radical (unpaired) electrons. The Morgan fingerprint density at radius 1 is 1.63 bits per heavy atom. The third-order valence-corrected chi connectivity index (χ3v) is 5.71. The molecule has 6 nitrogen and oxygen atoms in total. The Morgan fingerprint density at radius 2 is 2.42 bits per heavy atom. The van der Waals surface area contributed by atoms with Crippen molar-refractivity contribution in [2.24, 2.45) is 5.92 Å². The first-order chi connectivity index (χ1) is 9.03. The second-order valence-electron chi connectivity index (χ2n) is 4.42. The minimum atomic E-state index is -3.21. The lowest BCUT2D eigenvalue weighted by atomic mass is 9.99. The van der Waals surface area contributed by atoms with E-state index in [4.69, 9.17) is 0 Å². The fourth-order valence-electron chi connectivity index (χ4n) is 2.08. The van der Waals surface area contributed by atoms with Gasteiger partial charge in [0.25, 0.3) is 0 Å². The van der Waals surface area contributed by atoms with Crippen molar-refractivity contribution in [2.45, 2.75) is 19.8 Å². The SMILES string of the molecule is CCS(=O)(=O)N1CCC[C@H](C(=O)Nc2nccs2)C1. The summed E-state index contributed by atoms with van der Waals surface area (Å²) < 4.78 is 25.1. The molecule has 1 aromatic rings. The van der Waals surface area contributed by atoms with E-state index in [0.717, 1.165) is 6.42 Å². The molecule has 1 aliphatic rings. The molecule has 19 heavy (non-hydrogen) atoms. The number of anilines is 1. The van der Waals surface area contributed by atoms with Crippen molar-refractivity contribution in [3.05, 3.63) is 11.6 Å². The number of piperidine rings is 1. The minimum absolute atomic E-state index is 0.0772. The maximum Gasteiger partial charge on any atom is 0.230 e. The fourth-order valence-corrected chi connectivity index (χ4v) is 3.80. The van der Waals surface area contributed by atoms with Gasteiger partial charge in [-0.15, -0.1) is 11.3 Å². The Morgan fingerprint density at radius 3 is 3.05 bits per heavy atom. The van der Waals surface area contributed by atoms with Gasteiger partial charge in [-0.05, 0) is 19.8 Å². The average molecular weight is 303 g/mol. The van der Waals surface area contributed by atoms with E-state index in [2.05, 4.69) is 10.3 Å². The van der Waals surface area contributed by atoms with Crippen molar-refractivity contribution >= 4 is 32.4 Å². The van der Waals surface area contributed by atoms with Crippen molar-refractivity contribution in [1.29, 1.82) is 0 Å². The molecule has 0 bridgehead atoms. The van der Waals surface area contributed by atoms with E-state index in [1.54, 1.807) is 18.5 Å². The molecule has 1 atom stereocenters. The molecule has 1 fully saturated rings. The predicted octanol–water partition coefficient (Wildman–Crippen LogP) is 1.14. The Hall–Kier alpha value is -0.990. The van der Waals surface area contributed by atoms with Crippen LogP contribution in [0.3, 0.4) is 0 Å². The van der Waals surface area contributed by atoms with Crippen molar-refractivity contribution < 1.29 is 13.2 Å². The second kappa shape index (κ2) is 5.98. The summed E-state index contributed by atoms with van der Waals surface area (Å²) in [5, 5.41) is 5.07. The summed E-state index contributed by atoms with van der Waals surface area (Å²) in [5.74, 6) is -0.363. The van der Waals surface area contributed by atoms with Crippen LogP contribution in [0.5, 0.6) is 0 Å². The number of sulfonamides is 1. The van der Waals surface area contributed by atoms with Gasteiger partial charge in [0.15, 0.2) is 5.13 Å². The molecule has 1 saturated heterocycles. The number of amides is 1. The molecule has 0 aromatic carbocycles. The zero-order valence-corrected chi connectivity index (χ0v) is 12.3.